The van der Waals surface area contributed by atoms with Crippen LogP contribution in [-0.4, -0.2) is 15.8 Å². The van der Waals surface area contributed by atoms with Gasteiger partial charge < -0.3 is 11.5 Å². The molecular weight excluding hydrogens is 154 g/mol. The number of amides is 2. The predicted octanol–water partition coefficient (Wildman–Crippen LogP) is -0.928. The number of halogens is 1. The fraction of sp³-hybridized carbons (Fsp3) is 0. The first-order valence-corrected chi connectivity index (χ1v) is 3.04. The quantitative estimate of drug-likeness (QED) is 0.341. The van der Waals surface area contributed by atoms with Gasteiger partial charge in [0.2, 0.25) is 0 Å². The Morgan fingerprint density at radius 2 is 1.44 bits per heavy atom. The molecule has 0 radical (unpaired) electrons. The van der Waals surface area contributed by atoms with Gasteiger partial charge in [-0.05, 0) is 0 Å². The van der Waals surface area contributed by atoms with Crippen molar-refractivity contribution in [3.05, 3.63) is 0 Å². The van der Waals surface area contributed by atoms with E-state index in [9.17, 15) is 4.20 Å². The van der Waals surface area contributed by atoms with Gasteiger partial charge in [-0.25, -0.2) is 9.36 Å². The second kappa shape index (κ2) is 4.25. The second-order valence-electron chi connectivity index (χ2n) is 0.875. The average Bonchev–Trinajstić information content (AvgIpc) is 1.19. The van der Waals surface area contributed by atoms with Crippen LogP contribution in [0.25, 0.3) is 0 Å². The molecule has 8 heteroatoms. The Kier molecular flexibility index (Phi) is 5.28. The zero-order chi connectivity index (χ0) is 8.08. The number of hydrogen-bond acceptors (Lipinski definition) is 2. The molecule has 0 aliphatic rings. The number of urea groups is 1. The van der Waals surface area contributed by atoms with Crippen LogP contribution in [0.3, 0.4) is 0 Å². The van der Waals surface area contributed by atoms with E-state index in [2.05, 4.69) is 11.5 Å². The molecule has 6 nitrogen and oxygen atoms in total. The summed E-state index contributed by atoms with van der Waals surface area (Å²) in [5.41, 5.74) is 8.50. The van der Waals surface area contributed by atoms with Gasteiger partial charge in [0.1, 0.15) is 0 Å². The Balaban J connectivity index is 0. The Morgan fingerprint density at radius 1 is 1.44 bits per heavy atom. The molecule has 9 heavy (non-hydrogen) atoms. The van der Waals surface area contributed by atoms with Crippen molar-refractivity contribution in [1.29, 1.82) is 0 Å². The first-order chi connectivity index (χ1) is 3.73. The lowest BCUT2D eigenvalue weighted by molar-refractivity contribution is 0.256. The van der Waals surface area contributed by atoms with E-state index in [-0.39, 0.29) is 0 Å². The van der Waals surface area contributed by atoms with Gasteiger partial charge in [-0.3, -0.25) is 9.79 Å². The smallest absolute Gasteiger partial charge is 0.352 e. The van der Waals surface area contributed by atoms with Gasteiger partial charge in [0, 0.05) is 0 Å². The van der Waals surface area contributed by atoms with Crippen LogP contribution in [0.15, 0.2) is 0 Å². The summed E-state index contributed by atoms with van der Waals surface area (Å²) in [7, 11) is -5.14. The summed E-state index contributed by atoms with van der Waals surface area (Å²) in [6.07, 6.45) is 0. The average molecular weight is 160 g/mol. The second-order valence-corrected chi connectivity index (χ2v) is 1.82. The van der Waals surface area contributed by atoms with Crippen LogP contribution in [0.1, 0.15) is 0 Å². The molecule has 0 aromatic carbocycles. The summed E-state index contributed by atoms with van der Waals surface area (Å²) in [4.78, 5) is 22.9. The number of carbonyl (C=O) groups is 1. The summed E-state index contributed by atoms with van der Waals surface area (Å²) in [6.45, 7) is 0. The Morgan fingerprint density at radius 3 is 1.44 bits per heavy atom. The van der Waals surface area contributed by atoms with E-state index >= 15 is 0 Å². The highest BCUT2D eigenvalue weighted by atomic mass is 31.2. The van der Waals surface area contributed by atoms with Crippen molar-refractivity contribution in [1.82, 2.24) is 0 Å². The van der Waals surface area contributed by atoms with Crippen LogP contribution in [0, 0.1) is 0 Å². The SMILES string of the molecule is NC(N)=O.O=P(O)(O)F. The molecule has 0 spiro atoms. The number of carbonyl (C=O) groups excluding carboxylic acids is 1. The molecule has 0 atom stereocenters. The first-order valence-electron chi connectivity index (χ1n) is 1.53. The standard InChI is InChI=1S/CH4N2O.FH2O3P/c2-1(3)4;1-5(2,3)4/h(H4,2,3,4);(H2,2,3,4). The number of rotatable bonds is 0. The molecule has 0 saturated carbocycles. The molecule has 0 heterocycles. The van der Waals surface area contributed by atoms with Gasteiger partial charge >= 0.3 is 13.9 Å². The van der Waals surface area contributed by atoms with Gasteiger partial charge in [0.15, 0.2) is 0 Å². The summed E-state index contributed by atoms with van der Waals surface area (Å²) in [5.74, 6) is 0. The maximum Gasteiger partial charge on any atom is 0.507 e. The van der Waals surface area contributed by atoms with E-state index in [1.807, 2.05) is 0 Å². The first kappa shape index (κ1) is 11.2. The van der Waals surface area contributed by atoms with Crippen LogP contribution in [0.5, 0.6) is 0 Å². The zero-order valence-corrected chi connectivity index (χ0v) is 5.09. The van der Waals surface area contributed by atoms with E-state index in [0.29, 0.717) is 0 Å². The summed E-state index contributed by atoms with van der Waals surface area (Å²) >= 11 is 0. The Labute approximate surface area is 49.9 Å². The molecule has 0 fully saturated rings. The molecule has 0 aliphatic heterocycles. The lowest BCUT2D eigenvalue weighted by Gasteiger charge is -1.77. The van der Waals surface area contributed by atoms with E-state index in [0.717, 1.165) is 0 Å². The molecule has 0 unspecified atom stereocenters. The molecule has 56 valence electrons. The molecule has 0 rings (SSSR count). The minimum absolute atomic E-state index is 0.833. The molecule has 0 aromatic heterocycles. The molecule has 0 bridgehead atoms. The van der Waals surface area contributed by atoms with Crippen LogP contribution in [-0.2, 0) is 4.57 Å². The monoisotopic (exact) mass is 160 g/mol. The molecule has 0 aliphatic carbocycles. The molecule has 0 saturated heterocycles. The lowest BCUT2D eigenvalue weighted by atomic mass is 11.2. The van der Waals surface area contributed by atoms with Gasteiger partial charge in [-0.15, -0.1) is 4.20 Å². The fourth-order valence-corrected chi connectivity index (χ4v) is 0. The lowest BCUT2D eigenvalue weighted by Crippen LogP contribution is -2.18. The highest BCUT2D eigenvalue weighted by Gasteiger charge is 2.04. The summed E-state index contributed by atoms with van der Waals surface area (Å²) in [5, 5.41) is 0. The summed E-state index contributed by atoms with van der Waals surface area (Å²) < 4.78 is 19.0. The van der Waals surface area contributed by atoms with E-state index in [1.54, 1.807) is 0 Å². The van der Waals surface area contributed by atoms with Crippen LogP contribution >= 0.6 is 7.91 Å². The molecule has 0 aromatic rings. The maximum absolute atomic E-state index is 10.4. The minimum Gasteiger partial charge on any atom is -0.352 e. The van der Waals surface area contributed by atoms with Crippen molar-refractivity contribution in [2.24, 2.45) is 11.5 Å². The fourth-order valence-electron chi connectivity index (χ4n) is 0. The Bertz CT molecular complexity index is 118. The third-order valence-electron chi connectivity index (χ3n) is 0. The normalized spacial score (nSPS) is 9.22. The third-order valence-corrected chi connectivity index (χ3v) is 0. The largest absolute Gasteiger partial charge is 0.507 e. The van der Waals surface area contributed by atoms with E-state index < -0.39 is 13.9 Å². The Hall–Kier alpha value is -0.650. The van der Waals surface area contributed by atoms with E-state index in [4.69, 9.17) is 19.1 Å². The molecular formula is CH6FN2O4P. The van der Waals surface area contributed by atoms with Crippen molar-refractivity contribution < 1.29 is 23.3 Å². The van der Waals surface area contributed by atoms with Gasteiger partial charge in [-0.1, -0.05) is 0 Å². The highest BCUT2D eigenvalue weighted by molar-refractivity contribution is 7.45. The van der Waals surface area contributed by atoms with Crippen molar-refractivity contribution in [2.75, 3.05) is 0 Å². The molecule has 6 N–H and O–H groups in total. The van der Waals surface area contributed by atoms with Crippen molar-refractivity contribution in [2.45, 2.75) is 0 Å². The van der Waals surface area contributed by atoms with Crippen LogP contribution < -0.4 is 11.5 Å². The predicted molar refractivity (Wildman–Crippen MR) is 26.9 cm³/mol. The van der Waals surface area contributed by atoms with Crippen LogP contribution in [0.4, 0.5) is 8.99 Å². The number of primary amides is 2. The van der Waals surface area contributed by atoms with Crippen molar-refractivity contribution in [3.8, 4) is 0 Å². The summed E-state index contributed by atoms with van der Waals surface area (Å²) in [6, 6.07) is -0.833. The highest BCUT2D eigenvalue weighted by Crippen LogP contribution is 2.34. The van der Waals surface area contributed by atoms with E-state index in [1.165, 1.54) is 0 Å². The van der Waals surface area contributed by atoms with Gasteiger partial charge in [0.05, 0.1) is 0 Å². The third kappa shape index (κ3) is 498. The minimum atomic E-state index is -5.14. The zero-order valence-electron chi connectivity index (χ0n) is 4.19. The van der Waals surface area contributed by atoms with Crippen molar-refractivity contribution in [3.63, 3.8) is 0 Å². The molecule has 2 amide bonds. The number of hydrogen-bond donors (Lipinski definition) is 4. The topological polar surface area (TPSA) is 127 Å². The van der Waals surface area contributed by atoms with Crippen LogP contribution in [0.2, 0.25) is 0 Å². The number of nitrogens with two attached hydrogens (primary N) is 2. The maximum atomic E-state index is 10.4. The van der Waals surface area contributed by atoms with Gasteiger partial charge in [0.25, 0.3) is 0 Å². The van der Waals surface area contributed by atoms with Crippen molar-refractivity contribution >= 4 is 13.9 Å². The van der Waals surface area contributed by atoms with Gasteiger partial charge in [-0.2, -0.15) is 0 Å².